The van der Waals surface area contributed by atoms with E-state index in [2.05, 4.69) is 10.6 Å². The largest absolute Gasteiger partial charge is 0.481 e. The van der Waals surface area contributed by atoms with Crippen LogP contribution in [-0.4, -0.2) is 81.9 Å². The fraction of sp³-hybridized carbons (Fsp3) is 0.600. The van der Waals surface area contributed by atoms with Crippen molar-refractivity contribution in [3.63, 3.8) is 0 Å². The maximum absolute atomic E-state index is 12.7. The topological polar surface area (TPSA) is 222 Å². The van der Waals surface area contributed by atoms with Crippen molar-refractivity contribution in [1.82, 2.24) is 15.5 Å². The molecule has 8 N–H and O–H groups in total. The molecule has 3 atom stereocenters. The predicted octanol–water partition coefficient (Wildman–Crippen LogP) is -3.66. The Labute approximate surface area is 159 Å². The monoisotopic (exact) mass is 401 g/mol. The van der Waals surface area contributed by atoms with Gasteiger partial charge in [-0.15, -0.1) is 0 Å². The van der Waals surface area contributed by atoms with Gasteiger partial charge in [-0.1, -0.05) is 0 Å². The zero-order chi connectivity index (χ0) is 21.4. The number of nitrogens with one attached hydrogen (secondary N) is 2. The molecule has 0 unspecified atom stereocenters. The highest BCUT2D eigenvalue weighted by atomic mass is 16.4. The molecule has 13 heteroatoms. The molecule has 0 saturated carbocycles. The van der Waals surface area contributed by atoms with Gasteiger partial charge in [0.05, 0.1) is 19.4 Å². The van der Waals surface area contributed by atoms with E-state index in [0.717, 1.165) is 4.90 Å². The second-order valence-corrected chi connectivity index (χ2v) is 6.18. The maximum Gasteiger partial charge on any atom is 0.326 e. The van der Waals surface area contributed by atoms with Gasteiger partial charge in [-0.2, -0.15) is 0 Å². The Bertz CT molecular complexity index is 667. The van der Waals surface area contributed by atoms with E-state index in [0.29, 0.717) is 6.42 Å². The number of hydrogen-bond acceptors (Lipinski definition) is 7. The first-order chi connectivity index (χ1) is 13.1. The molecule has 0 aromatic carbocycles. The summed E-state index contributed by atoms with van der Waals surface area (Å²) in [5, 5.41) is 22.4. The Balaban J connectivity index is 2.92. The molecule has 1 aliphatic rings. The number of likely N-dealkylation sites (tertiary alicyclic amines) is 1. The lowest BCUT2D eigenvalue weighted by molar-refractivity contribution is -0.147. The first-order valence-electron chi connectivity index (χ1n) is 8.40. The van der Waals surface area contributed by atoms with Gasteiger partial charge in [0.1, 0.15) is 18.1 Å². The molecule has 156 valence electrons. The number of carbonyl (C=O) groups is 6. The van der Waals surface area contributed by atoms with Crippen LogP contribution in [0.3, 0.4) is 0 Å². The molecule has 1 aliphatic heterocycles. The van der Waals surface area contributed by atoms with Gasteiger partial charge in [0, 0.05) is 6.54 Å². The molecule has 1 rings (SSSR count). The summed E-state index contributed by atoms with van der Waals surface area (Å²) in [5.41, 5.74) is 10.1. The number of primary amides is 1. The van der Waals surface area contributed by atoms with E-state index in [4.69, 9.17) is 21.7 Å². The summed E-state index contributed by atoms with van der Waals surface area (Å²) < 4.78 is 0. The van der Waals surface area contributed by atoms with Gasteiger partial charge in [-0.05, 0) is 12.8 Å². The fourth-order valence-corrected chi connectivity index (χ4v) is 2.80. The molecule has 1 saturated heterocycles. The van der Waals surface area contributed by atoms with E-state index in [1.54, 1.807) is 0 Å². The number of carboxylic acid groups (broad SMARTS) is 2. The van der Waals surface area contributed by atoms with Crippen LogP contribution in [0.15, 0.2) is 0 Å². The minimum absolute atomic E-state index is 0.110. The van der Waals surface area contributed by atoms with Crippen molar-refractivity contribution < 1.29 is 39.0 Å². The summed E-state index contributed by atoms with van der Waals surface area (Å²) in [6.45, 7) is -0.347. The molecule has 0 spiro atoms. The molecular weight excluding hydrogens is 378 g/mol. The van der Waals surface area contributed by atoms with Crippen molar-refractivity contribution in [2.24, 2.45) is 11.5 Å². The van der Waals surface area contributed by atoms with E-state index in [9.17, 15) is 28.8 Å². The quantitative estimate of drug-likeness (QED) is 0.212. The minimum atomic E-state index is -1.56. The van der Waals surface area contributed by atoms with Crippen LogP contribution in [-0.2, 0) is 28.8 Å². The normalized spacial score (nSPS) is 18.0. The van der Waals surface area contributed by atoms with Gasteiger partial charge in [0.2, 0.25) is 23.6 Å². The van der Waals surface area contributed by atoms with E-state index >= 15 is 0 Å². The van der Waals surface area contributed by atoms with Crippen LogP contribution in [0.25, 0.3) is 0 Å². The Morgan fingerprint density at radius 1 is 1.04 bits per heavy atom. The van der Waals surface area contributed by atoms with Crippen molar-refractivity contribution in [1.29, 1.82) is 0 Å². The van der Waals surface area contributed by atoms with Crippen LogP contribution in [0, 0.1) is 0 Å². The van der Waals surface area contributed by atoms with E-state index in [1.165, 1.54) is 0 Å². The zero-order valence-corrected chi connectivity index (χ0v) is 14.9. The summed E-state index contributed by atoms with van der Waals surface area (Å²) in [7, 11) is 0. The summed E-state index contributed by atoms with van der Waals surface area (Å²) in [4.78, 5) is 70.8. The number of carbonyl (C=O) groups excluding carboxylic acids is 4. The Kier molecular flexibility index (Phi) is 8.31. The van der Waals surface area contributed by atoms with Crippen molar-refractivity contribution in [3.05, 3.63) is 0 Å². The van der Waals surface area contributed by atoms with Crippen LogP contribution in [0.1, 0.15) is 25.7 Å². The number of hydrogen-bond donors (Lipinski definition) is 6. The van der Waals surface area contributed by atoms with Gasteiger partial charge in [0.25, 0.3) is 0 Å². The molecule has 28 heavy (non-hydrogen) atoms. The number of nitrogens with two attached hydrogens (primary N) is 2. The van der Waals surface area contributed by atoms with Crippen molar-refractivity contribution in [3.8, 4) is 0 Å². The molecule has 1 heterocycles. The van der Waals surface area contributed by atoms with Crippen LogP contribution >= 0.6 is 0 Å². The van der Waals surface area contributed by atoms with Crippen LogP contribution in [0.5, 0.6) is 0 Å². The average Bonchev–Trinajstić information content (AvgIpc) is 3.08. The van der Waals surface area contributed by atoms with Gasteiger partial charge in [-0.25, -0.2) is 4.79 Å². The molecule has 1 fully saturated rings. The smallest absolute Gasteiger partial charge is 0.326 e. The molecule has 0 aliphatic carbocycles. The molecule has 0 radical (unpaired) electrons. The number of amides is 4. The van der Waals surface area contributed by atoms with E-state index < -0.39 is 73.1 Å². The molecule has 4 amide bonds. The number of nitrogens with zero attached hydrogens (tertiary/aromatic N) is 1. The first-order valence-corrected chi connectivity index (χ1v) is 8.40. The molecule has 13 nitrogen and oxygen atoms in total. The van der Waals surface area contributed by atoms with Crippen molar-refractivity contribution in [2.75, 3.05) is 13.1 Å². The minimum Gasteiger partial charge on any atom is -0.481 e. The second kappa shape index (κ2) is 10.2. The highest BCUT2D eigenvalue weighted by molar-refractivity contribution is 5.96. The summed E-state index contributed by atoms with van der Waals surface area (Å²) in [5.74, 6) is -6.11. The third-order valence-corrected chi connectivity index (χ3v) is 4.06. The van der Waals surface area contributed by atoms with Crippen LogP contribution in [0.2, 0.25) is 0 Å². The Morgan fingerprint density at radius 3 is 2.18 bits per heavy atom. The van der Waals surface area contributed by atoms with Crippen molar-refractivity contribution >= 4 is 35.6 Å². The maximum atomic E-state index is 12.7. The zero-order valence-electron chi connectivity index (χ0n) is 14.9. The predicted molar refractivity (Wildman–Crippen MR) is 91.4 cm³/mol. The van der Waals surface area contributed by atoms with Gasteiger partial charge in [0.15, 0.2) is 0 Å². The van der Waals surface area contributed by atoms with E-state index in [1.807, 2.05) is 0 Å². The molecular formula is C15H23N5O8. The van der Waals surface area contributed by atoms with Crippen LogP contribution < -0.4 is 22.1 Å². The standard InChI is InChI=1S/C15H23N5O8/c16-6-11(22)18-7(5-12(23)24)14(26)20-3-1-2-9(20)13(25)19-8(15(27)28)4-10(17)21/h7-9H,1-6,16H2,(H2,17,21)(H,18,22)(H,19,25)(H,23,24)(H,27,28)/t7-,8-,9-/m0/s1. The third-order valence-electron chi connectivity index (χ3n) is 4.06. The highest BCUT2D eigenvalue weighted by Gasteiger charge is 2.39. The van der Waals surface area contributed by atoms with Gasteiger partial charge >= 0.3 is 11.9 Å². The Morgan fingerprint density at radius 2 is 1.68 bits per heavy atom. The van der Waals surface area contributed by atoms with Crippen LogP contribution in [0.4, 0.5) is 0 Å². The van der Waals surface area contributed by atoms with E-state index in [-0.39, 0.29) is 13.0 Å². The molecule has 0 aromatic rings. The van der Waals surface area contributed by atoms with Gasteiger partial charge in [-0.3, -0.25) is 24.0 Å². The Hall–Kier alpha value is -3.22. The summed E-state index contributed by atoms with van der Waals surface area (Å²) in [6, 6.07) is -4.06. The van der Waals surface area contributed by atoms with Gasteiger partial charge < -0.3 is 37.2 Å². The first kappa shape index (κ1) is 22.8. The summed E-state index contributed by atoms with van der Waals surface area (Å²) in [6.07, 6.45) is -0.738. The number of carboxylic acids is 2. The SMILES string of the molecule is NCC(=O)N[C@@H](CC(=O)O)C(=O)N1CCC[C@H]1C(=O)N[C@@H](CC(N)=O)C(=O)O. The molecule has 0 bridgehead atoms. The summed E-state index contributed by atoms with van der Waals surface area (Å²) >= 11 is 0. The third kappa shape index (κ3) is 6.50. The second-order valence-electron chi connectivity index (χ2n) is 6.18. The average molecular weight is 401 g/mol. The number of aliphatic carboxylic acids is 2. The lowest BCUT2D eigenvalue weighted by atomic mass is 10.1. The van der Waals surface area contributed by atoms with Crippen molar-refractivity contribution in [2.45, 2.75) is 43.8 Å². The highest BCUT2D eigenvalue weighted by Crippen LogP contribution is 2.19. The number of rotatable bonds is 10. The lowest BCUT2D eigenvalue weighted by Crippen LogP contribution is -2.56. The lowest BCUT2D eigenvalue weighted by Gasteiger charge is -2.28. The molecule has 0 aromatic heterocycles. The fourth-order valence-electron chi connectivity index (χ4n) is 2.80.